The minimum atomic E-state index is -0.469. The summed E-state index contributed by atoms with van der Waals surface area (Å²) >= 11 is 13.0. The van der Waals surface area contributed by atoms with Gasteiger partial charge in [0, 0.05) is 12.1 Å². The largest absolute Gasteiger partial charge is 0.482 e. The molecule has 0 aliphatic rings. The van der Waals surface area contributed by atoms with E-state index in [0.29, 0.717) is 25.3 Å². The molecular weight excluding hydrogens is 374 g/mol. The average Bonchev–Trinajstić information content (AvgIpc) is 2.82. The van der Waals surface area contributed by atoms with Crippen LogP contribution in [0.1, 0.15) is 0 Å². The highest BCUT2D eigenvalue weighted by Gasteiger charge is 2.08. The first-order chi connectivity index (χ1) is 11.4. The standard InChI is InChI=1S/C16H11Cl2FN2O2S/c1-21-12-4-3-10(19)7-14(12)24-16(21)20-15(22)8-23-13-5-2-9(17)6-11(13)18/h2-7H,8H2,1H3. The van der Waals surface area contributed by atoms with Crippen LogP contribution in [-0.4, -0.2) is 17.1 Å². The number of aromatic nitrogens is 1. The number of amides is 1. The molecule has 0 unspecified atom stereocenters. The van der Waals surface area contributed by atoms with Crippen molar-refractivity contribution in [2.45, 2.75) is 0 Å². The first-order valence-electron chi connectivity index (χ1n) is 6.84. The van der Waals surface area contributed by atoms with Crippen molar-refractivity contribution >= 4 is 50.7 Å². The van der Waals surface area contributed by atoms with Gasteiger partial charge < -0.3 is 9.30 Å². The maximum Gasteiger partial charge on any atom is 0.286 e. The van der Waals surface area contributed by atoms with Crippen LogP contribution in [0.25, 0.3) is 10.2 Å². The summed E-state index contributed by atoms with van der Waals surface area (Å²) in [4.78, 5) is 16.5. The Kier molecular flexibility index (Phi) is 4.89. The van der Waals surface area contributed by atoms with E-state index >= 15 is 0 Å². The zero-order valence-electron chi connectivity index (χ0n) is 12.4. The van der Waals surface area contributed by atoms with Crippen LogP contribution in [0.2, 0.25) is 10.0 Å². The Morgan fingerprint density at radius 1 is 1.29 bits per heavy atom. The Balaban J connectivity index is 1.81. The summed E-state index contributed by atoms with van der Waals surface area (Å²) in [6.45, 7) is -0.260. The number of ether oxygens (including phenoxy) is 1. The molecule has 0 saturated heterocycles. The molecule has 24 heavy (non-hydrogen) atoms. The molecule has 0 N–H and O–H groups in total. The van der Waals surface area contributed by atoms with Crippen molar-refractivity contribution in [2.24, 2.45) is 12.0 Å². The van der Waals surface area contributed by atoms with Gasteiger partial charge in [0.25, 0.3) is 5.91 Å². The number of benzene rings is 2. The third-order valence-electron chi connectivity index (χ3n) is 3.24. The van der Waals surface area contributed by atoms with Gasteiger partial charge in [-0.3, -0.25) is 4.79 Å². The highest BCUT2D eigenvalue weighted by molar-refractivity contribution is 7.16. The minimum absolute atomic E-state index is 0.260. The molecule has 1 amide bonds. The summed E-state index contributed by atoms with van der Waals surface area (Å²) < 4.78 is 21.1. The molecule has 0 bridgehead atoms. The quantitative estimate of drug-likeness (QED) is 0.679. The zero-order valence-corrected chi connectivity index (χ0v) is 14.8. The van der Waals surface area contributed by atoms with Crippen LogP contribution in [0.4, 0.5) is 4.39 Å². The molecule has 1 aromatic heterocycles. The number of carbonyl (C=O) groups is 1. The van der Waals surface area contributed by atoms with E-state index in [0.717, 1.165) is 5.52 Å². The second-order valence-corrected chi connectivity index (χ2v) is 6.78. The van der Waals surface area contributed by atoms with Crippen LogP contribution in [0.5, 0.6) is 5.75 Å². The predicted molar refractivity (Wildman–Crippen MR) is 93.3 cm³/mol. The van der Waals surface area contributed by atoms with Crippen molar-refractivity contribution in [3.8, 4) is 5.75 Å². The van der Waals surface area contributed by atoms with Crippen molar-refractivity contribution < 1.29 is 13.9 Å². The molecule has 0 radical (unpaired) electrons. The van der Waals surface area contributed by atoms with E-state index in [1.807, 2.05) is 0 Å². The minimum Gasteiger partial charge on any atom is -0.482 e. The fourth-order valence-corrected chi connectivity index (χ4v) is 3.61. The number of halogens is 3. The maximum absolute atomic E-state index is 13.3. The Hall–Kier alpha value is -1.89. The SMILES string of the molecule is Cn1c(=NC(=O)COc2ccc(Cl)cc2Cl)sc2cc(F)ccc21. The lowest BCUT2D eigenvalue weighted by molar-refractivity contribution is -0.120. The van der Waals surface area contributed by atoms with Gasteiger partial charge >= 0.3 is 0 Å². The van der Waals surface area contributed by atoms with Crippen molar-refractivity contribution in [3.63, 3.8) is 0 Å². The smallest absolute Gasteiger partial charge is 0.286 e. The van der Waals surface area contributed by atoms with Gasteiger partial charge in [0.2, 0.25) is 0 Å². The summed E-state index contributed by atoms with van der Waals surface area (Å²) in [7, 11) is 1.76. The van der Waals surface area contributed by atoms with E-state index in [2.05, 4.69) is 4.99 Å². The monoisotopic (exact) mass is 384 g/mol. The van der Waals surface area contributed by atoms with Crippen molar-refractivity contribution in [1.29, 1.82) is 0 Å². The maximum atomic E-state index is 13.3. The third kappa shape index (κ3) is 3.61. The van der Waals surface area contributed by atoms with E-state index < -0.39 is 5.91 Å². The van der Waals surface area contributed by atoms with E-state index in [1.165, 1.54) is 29.5 Å². The Morgan fingerprint density at radius 3 is 2.83 bits per heavy atom. The van der Waals surface area contributed by atoms with Gasteiger partial charge in [-0.25, -0.2) is 4.39 Å². The molecule has 0 saturated carbocycles. The molecule has 1 heterocycles. The molecule has 4 nitrogen and oxygen atoms in total. The summed E-state index contributed by atoms with van der Waals surface area (Å²) in [5.41, 5.74) is 0.801. The second kappa shape index (κ2) is 6.93. The van der Waals surface area contributed by atoms with Crippen LogP contribution in [0, 0.1) is 5.82 Å². The topological polar surface area (TPSA) is 43.6 Å². The van der Waals surface area contributed by atoms with Crippen LogP contribution in [-0.2, 0) is 11.8 Å². The average molecular weight is 385 g/mol. The molecule has 0 aliphatic heterocycles. The Labute approximate surface area is 150 Å². The molecule has 0 spiro atoms. The molecule has 0 atom stereocenters. The molecule has 8 heteroatoms. The Morgan fingerprint density at radius 2 is 2.08 bits per heavy atom. The van der Waals surface area contributed by atoms with E-state index in [4.69, 9.17) is 27.9 Å². The van der Waals surface area contributed by atoms with Crippen molar-refractivity contribution in [3.05, 3.63) is 57.1 Å². The molecule has 3 aromatic rings. The van der Waals surface area contributed by atoms with E-state index in [1.54, 1.807) is 29.8 Å². The summed E-state index contributed by atoms with van der Waals surface area (Å²) in [6, 6.07) is 9.15. The molecule has 3 rings (SSSR count). The van der Waals surface area contributed by atoms with Crippen LogP contribution >= 0.6 is 34.5 Å². The van der Waals surface area contributed by atoms with Crippen molar-refractivity contribution in [2.75, 3.05) is 6.61 Å². The lowest BCUT2D eigenvalue weighted by Gasteiger charge is -2.05. The van der Waals surface area contributed by atoms with Gasteiger partial charge in [0.15, 0.2) is 11.4 Å². The summed E-state index contributed by atoms with van der Waals surface area (Å²) in [5, 5.41) is 0.797. The lowest BCUT2D eigenvalue weighted by atomic mass is 10.3. The van der Waals surface area contributed by atoms with Crippen LogP contribution in [0.3, 0.4) is 0 Å². The molecular formula is C16H11Cl2FN2O2S. The normalized spacial score (nSPS) is 11.9. The molecule has 2 aromatic carbocycles. The number of hydrogen-bond donors (Lipinski definition) is 0. The number of carbonyl (C=O) groups excluding carboxylic acids is 1. The van der Waals surface area contributed by atoms with Gasteiger partial charge in [-0.05, 0) is 36.4 Å². The van der Waals surface area contributed by atoms with Gasteiger partial charge in [0.1, 0.15) is 11.6 Å². The fraction of sp³-hybridized carbons (Fsp3) is 0.125. The number of hydrogen-bond acceptors (Lipinski definition) is 3. The highest BCUT2D eigenvalue weighted by atomic mass is 35.5. The molecule has 0 aliphatic carbocycles. The van der Waals surface area contributed by atoms with Gasteiger partial charge in [-0.2, -0.15) is 4.99 Å². The van der Waals surface area contributed by atoms with Gasteiger partial charge in [-0.15, -0.1) is 0 Å². The van der Waals surface area contributed by atoms with E-state index in [-0.39, 0.29) is 12.4 Å². The number of thiazole rings is 1. The Bertz CT molecular complexity index is 997. The van der Waals surface area contributed by atoms with Crippen molar-refractivity contribution in [1.82, 2.24) is 4.57 Å². The van der Waals surface area contributed by atoms with Crippen LogP contribution in [0.15, 0.2) is 41.4 Å². The van der Waals surface area contributed by atoms with Gasteiger partial charge in [0.05, 0.1) is 15.2 Å². The number of nitrogens with zero attached hydrogens (tertiary/aromatic N) is 2. The number of rotatable bonds is 3. The first kappa shape index (κ1) is 17.0. The highest BCUT2D eigenvalue weighted by Crippen LogP contribution is 2.27. The summed E-state index contributed by atoms with van der Waals surface area (Å²) in [6.07, 6.45) is 0. The number of aryl methyl sites for hydroxylation is 1. The predicted octanol–water partition coefficient (Wildman–Crippen LogP) is 4.19. The lowest BCUT2D eigenvalue weighted by Crippen LogP contribution is -2.17. The van der Waals surface area contributed by atoms with Gasteiger partial charge in [-0.1, -0.05) is 34.5 Å². The molecule has 0 fully saturated rings. The third-order valence-corrected chi connectivity index (χ3v) is 4.86. The fourth-order valence-electron chi connectivity index (χ4n) is 2.09. The number of fused-ring (bicyclic) bond motifs is 1. The van der Waals surface area contributed by atoms with E-state index in [9.17, 15) is 9.18 Å². The second-order valence-electron chi connectivity index (χ2n) is 4.92. The summed E-state index contributed by atoms with van der Waals surface area (Å²) in [5.74, 6) is -0.445. The first-order valence-corrected chi connectivity index (χ1v) is 8.42. The van der Waals surface area contributed by atoms with Crippen LogP contribution < -0.4 is 9.54 Å². The zero-order chi connectivity index (χ0) is 17.3. The molecule has 124 valence electrons.